The summed E-state index contributed by atoms with van der Waals surface area (Å²) >= 11 is 0. The molecule has 5 rings (SSSR count). The lowest BCUT2D eigenvalue weighted by Gasteiger charge is -2.29. The smallest absolute Gasteiger partial charge is 0.251 e. The van der Waals surface area contributed by atoms with E-state index in [4.69, 9.17) is 5.10 Å². The van der Waals surface area contributed by atoms with Crippen molar-refractivity contribution in [3.8, 4) is 11.1 Å². The molecule has 1 aromatic carbocycles. The molecular weight excluding hydrogens is 386 g/mol. The van der Waals surface area contributed by atoms with E-state index >= 15 is 0 Å². The van der Waals surface area contributed by atoms with Crippen LogP contribution in [0, 0.1) is 0 Å². The summed E-state index contributed by atoms with van der Waals surface area (Å²) < 4.78 is 1.97. The van der Waals surface area contributed by atoms with Gasteiger partial charge in [0, 0.05) is 61.0 Å². The van der Waals surface area contributed by atoms with Gasteiger partial charge in [0.25, 0.3) is 5.91 Å². The molecule has 6 nitrogen and oxygen atoms in total. The second-order valence-corrected chi connectivity index (χ2v) is 8.56. The largest absolute Gasteiger partial charge is 0.372 e. The van der Waals surface area contributed by atoms with E-state index in [1.165, 1.54) is 43.4 Å². The summed E-state index contributed by atoms with van der Waals surface area (Å²) in [6, 6.07) is 12.1. The molecular formula is C25H29N5O. The minimum Gasteiger partial charge on any atom is -0.372 e. The Morgan fingerprint density at radius 3 is 2.65 bits per heavy atom. The van der Waals surface area contributed by atoms with Gasteiger partial charge in [-0.1, -0.05) is 6.07 Å². The number of amides is 1. The van der Waals surface area contributed by atoms with Gasteiger partial charge in [0.2, 0.25) is 0 Å². The molecule has 31 heavy (non-hydrogen) atoms. The predicted octanol–water partition coefficient (Wildman–Crippen LogP) is 4.24. The summed E-state index contributed by atoms with van der Waals surface area (Å²) in [4.78, 5) is 19.2. The van der Waals surface area contributed by atoms with Crippen LogP contribution in [0.25, 0.3) is 11.1 Å². The normalized spacial score (nSPS) is 16.3. The number of aromatic nitrogens is 3. The average molecular weight is 416 g/mol. The Kier molecular flexibility index (Phi) is 5.69. The Hall–Kier alpha value is -3.15. The number of hydrogen-bond donors (Lipinski definition) is 1. The third-order valence-corrected chi connectivity index (χ3v) is 6.20. The lowest BCUT2D eigenvalue weighted by Crippen LogP contribution is -2.30. The topological polar surface area (TPSA) is 63.1 Å². The van der Waals surface area contributed by atoms with Crippen molar-refractivity contribution in [3.63, 3.8) is 0 Å². The lowest BCUT2D eigenvalue weighted by atomic mass is 10.1. The van der Waals surface area contributed by atoms with Crippen molar-refractivity contribution >= 4 is 11.6 Å². The average Bonchev–Trinajstić information content (AvgIpc) is 3.60. The van der Waals surface area contributed by atoms with Crippen molar-refractivity contribution in [2.45, 2.75) is 44.6 Å². The quantitative estimate of drug-likeness (QED) is 0.627. The van der Waals surface area contributed by atoms with E-state index in [1.807, 2.05) is 47.4 Å². The first-order chi connectivity index (χ1) is 15.3. The van der Waals surface area contributed by atoms with Gasteiger partial charge in [0.05, 0.1) is 12.2 Å². The van der Waals surface area contributed by atoms with E-state index in [9.17, 15) is 4.79 Å². The molecule has 0 bridgehead atoms. The number of pyridine rings is 1. The molecule has 2 aromatic heterocycles. The number of carbonyl (C=O) groups is 1. The fraction of sp³-hybridized carbons (Fsp3) is 0.400. The summed E-state index contributed by atoms with van der Waals surface area (Å²) in [6.07, 6.45) is 11.9. The first-order valence-electron chi connectivity index (χ1n) is 11.4. The minimum atomic E-state index is -0.0252. The maximum atomic E-state index is 12.7. The molecule has 1 aliphatic carbocycles. The predicted molar refractivity (Wildman–Crippen MR) is 122 cm³/mol. The maximum Gasteiger partial charge on any atom is 0.251 e. The zero-order chi connectivity index (χ0) is 21.0. The number of rotatable bonds is 7. The SMILES string of the molecule is O=C(NCCn1cc(-c2ccncc2)c(C2CC2)n1)c1cccc(N2CCCCC2)c1. The molecule has 6 heteroatoms. The van der Waals surface area contributed by atoms with E-state index in [1.54, 1.807) is 0 Å². The first kappa shape index (κ1) is 19.8. The number of carbonyl (C=O) groups excluding carboxylic acids is 1. The maximum absolute atomic E-state index is 12.7. The van der Waals surface area contributed by atoms with Crippen LogP contribution in [0.2, 0.25) is 0 Å². The van der Waals surface area contributed by atoms with Gasteiger partial charge in [-0.25, -0.2) is 0 Å². The molecule has 160 valence electrons. The Labute approximate surface area is 183 Å². The highest BCUT2D eigenvalue weighted by Crippen LogP contribution is 2.43. The fourth-order valence-corrected chi connectivity index (χ4v) is 4.35. The van der Waals surface area contributed by atoms with Crippen LogP contribution >= 0.6 is 0 Å². The van der Waals surface area contributed by atoms with E-state index in [-0.39, 0.29) is 5.91 Å². The molecule has 0 unspecified atom stereocenters. The molecule has 2 aliphatic rings. The number of anilines is 1. The van der Waals surface area contributed by atoms with Gasteiger partial charge in [-0.3, -0.25) is 14.5 Å². The van der Waals surface area contributed by atoms with Gasteiger partial charge < -0.3 is 10.2 Å². The van der Waals surface area contributed by atoms with Crippen LogP contribution in [0.15, 0.2) is 55.0 Å². The van der Waals surface area contributed by atoms with Gasteiger partial charge in [-0.2, -0.15) is 5.10 Å². The third kappa shape index (κ3) is 4.63. The minimum absolute atomic E-state index is 0.0252. The molecule has 1 N–H and O–H groups in total. The van der Waals surface area contributed by atoms with Crippen LogP contribution in [-0.4, -0.2) is 40.3 Å². The summed E-state index contributed by atoms with van der Waals surface area (Å²) in [6.45, 7) is 3.36. The van der Waals surface area contributed by atoms with Gasteiger partial charge in [-0.15, -0.1) is 0 Å². The lowest BCUT2D eigenvalue weighted by molar-refractivity contribution is 0.0952. The second-order valence-electron chi connectivity index (χ2n) is 8.56. The first-order valence-corrected chi connectivity index (χ1v) is 11.4. The molecule has 0 atom stereocenters. The highest BCUT2D eigenvalue weighted by Gasteiger charge is 2.29. The number of piperidine rings is 1. The van der Waals surface area contributed by atoms with Crippen LogP contribution in [-0.2, 0) is 6.54 Å². The number of nitrogens with one attached hydrogen (secondary N) is 1. The second kappa shape index (κ2) is 8.92. The molecule has 0 radical (unpaired) electrons. The van der Waals surface area contributed by atoms with Gasteiger partial charge in [-0.05, 0) is 68.0 Å². The van der Waals surface area contributed by atoms with Crippen LogP contribution < -0.4 is 10.2 Å². The number of nitrogens with zero attached hydrogens (tertiary/aromatic N) is 4. The van der Waals surface area contributed by atoms with Crippen molar-refractivity contribution in [2.24, 2.45) is 0 Å². The van der Waals surface area contributed by atoms with Crippen molar-refractivity contribution in [3.05, 3.63) is 66.2 Å². The van der Waals surface area contributed by atoms with Gasteiger partial charge >= 0.3 is 0 Å². The summed E-state index contributed by atoms with van der Waals surface area (Å²) in [5.41, 5.74) is 5.38. The van der Waals surface area contributed by atoms with Crippen molar-refractivity contribution < 1.29 is 4.79 Å². The Bertz CT molecular complexity index is 1040. The van der Waals surface area contributed by atoms with Gasteiger partial charge in [0.15, 0.2) is 0 Å². The Morgan fingerprint density at radius 1 is 1.06 bits per heavy atom. The van der Waals surface area contributed by atoms with Crippen molar-refractivity contribution in [1.29, 1.82) is 0 Å². The highest BCUT2D eigenvalue weighted by atomic mass is 16.1. The zero-order valence-corrected chi connectivity index (χ0v) is 17.8. The van der Waals surface area contributed by atoms with Crippen LogP contribution in [0.4, 0.5) is 5.69 Å². The molecule has 1 amide bonds. The summed E-state index contributed by atoms with van der Waals surface area (Å²) in [5, 5.41) is 7.89. The number of hydrogen-bond acceptors (Lipinski definition) is 4. The van der Waals surface area contributed by atoms with Crippen LogP contribution in [0.3, 0.4) is 0 Å². The standard InChI is InChI=1S/C25H29N5O/c31-25(21-5-4-6-22(17-21)29-14-2-1-3-15-29)27-13-16-30-18-23(19-9-11-26-12-10-19)24(28-30)20-7-8-20/h4-6,9-12,17-18,20H,1-3,7-8,13-16H2,(H,27,31). The van der Waals surface area contributed by atoms with Gasteiger partial charge in [0.1, 0.15) is 0 Å². The van der Waals surface area contributed by atoms with E-state index in [0.29, 0.717) is 19.0 Å². The Morgan fingerprint density at radius 2 is 1.87 bits per heavy atom. The Balaban J connectivity index is 1.22. The van der Waals surface area contributed by atoms with Crippen molar-refractivity contribution in [1.82, 2.24) is 20.1 Å². The molecule has 1 aliphatic heterocycles. The van der Waals surface area contributed by atoms with E-state index < -0.39 is 0 Å². The molecule has 3 heterocycles. The zero-order valence-electron chi connectivity index (χ0n) is 17.8. The third-order valence-electron chi connectivity index (χ3n) is 6.20. The monoisotopic (exact) mass is 415 g/mol. The highest BCUT2D eigenvalue weighted by molar-refractivity contribution is 5.95. The van der Waals surface area contributed by atoms with Crippen LogP contribution in [0.5, 0.6) is 0 Å². The van der Waals surface area contributed by atoms with Crippen LogP contribution in [0.1, 0.15) is 54.1 Å². The summed E-state index contributed by atoms with van der Waals surface area (Å²) in [5.74, 6) is 0.541. The molecule has 1 saturated carbocycles. The molecule has 2 fully saturated rings. The molecule has 1 saturated heterocycles. The molecule has 0 spiro atoms. The van der Waals surface area contributed by atoms with E-state index in [0.717, 1.165) is 29.9 Å². The fourth-order valence-electron chi connectivity index (χ4n) is 4.35. The number of benzene rings is 1. The summed E-state index contributed by atoms with van der Waals surface area (Å²) in [7, 11) is 0. The van der Waals surface area contributed by atoms with Crippen molar-refractivity contribution in [2.75, 3.05) is 24.5 Å². The molecule has 3 aromatic rings. The van der Waals surface area contributed by atoms with E-state index in [2.05, 4.69) is 27.5 Å².